The molecule has 0 saturated carbocycles. The van der Waals surface area contributed by atoms with Gasteiger partial charge in [-0.2, -0.15) is 0 Å². The SMILES string of the molecule is CS(=O)(=O)c1cccc(OCCOCCO)c1. The Morgan fingerprint density at radius 3 is 2.65 bits per heavy atom. The first-order valence-electron chi connectivity index (χ1n) is 5.15. The molecule has 5 nitrogen and oxygen atoms in total. The van der Waals surface area contributed by atoms with Crippen molar-refractivity contribution < 1.29 is 23.0 Å². The van der Waals surface area contributed by atoms with Crippen LogP contribution in [-0.2, 0) is 14.6 Å². The summed E-state index contributed by atoms with van der Waals surface area (Å²) in [7, 11) is -3.21. The van der Waals surface area contributed by atoms with Crippen LogP contribution in [0, 0.1) is 0 Å². The highest BCUT2D eigenvalue weighted by atomic mass is 32.2. The molecule has 0 amide bonds. The third kappa shape index (κ3) is 5.16. The van der Waals surface area contributed by atoms with Crippen molar-refractivity contribution in [1.29, 1.82) is 0 Å². The Kier molecular flexibility index (Phi) is 5.40. The second-order valence-corrected chi connectivity index (χ2v) is 5.45. The van der Waals surface area contributed by atoms with E-state index in [0.717, 1.165) is 6.26 Å². The van der Waals surface area contributed by atoms with Crippen molar-refractivity contribution in [2.45, 2.75) is 4.90 Å². The van der Waals surface area contributed by atoms with Crippen molar-refractivity contribution in [3.63, 3.8) is 0 Å². The Morgan fingerprint density at radius 2 is 2.00 bits per heavy atom. The summed E-state index contributed by atoms with van der Waals surface area (Å²) in [4.78, 5) is 0.228. The summed E-state index contributed by atoms with van der Waals surface area (Å²) < 4.78 is 32.9. The summed E-state index contributed by atoms with van der Waals surface area (Å²) in [6.07, 6.45) is 1.15. The summed E-state index contributed by atoms with van der Waals surface area (Å²) in [6, 6.07) is 6.30. The number of hydrogen-bond acceptors (Lipinski definition) is 5. The van der Waals surface area contributed by atoms with Crippen molar-refractivity contribution in [3.05, 3.63) is 24.3 Å². The largest absolute Gasteiger partial charge is 0.491 e. The lowest BCUT2D eigenvalue weighted by atomic mass is 10.3. The van der Waals surface area contributed by atoms with E-state index in [1.54, 1.807) is 12.1 Å². The molecule has 0 aliphatic rings. The summed E-state index contributed by atoms with van der Waals surface area (Å²) in [5.41, 5.74) is 0. The van der Waals surface area contributed by atoms with Gasteiger partial charge in [0.1, 0.15) is 12.4 Å². The van der Waals surface area contributed by atoms with E-state index in [1.165, 1.54) is 12.1 Å². The molecule has 0 unspecified atom stereocenters. The normalized spacial score (nSPS) is 11.4. The molecule has 1 rings (SSSR count). The third-order valence-electron chi connectivity index (χ3n) is 1.97. The monoisotopic (exact) mass is 260 g/mol. The van der Waals surface area contributed by atoms with Crippen LogP contribution in [0.4, 0.5) is 0 Å². The lowest BCUT2D eigenvalue weighted by Gasteiger charge is -2.07. The van der Waals surface area contributed by atoms with E-state index < -0.39 is 9.84 Å². The zero-order valence-corrected chi connectivity index (χ0v) is 10.4. The van der Waals surface area contributed by atoms with Crippen LogP contribution in [0.1, 0.15) is 0 Å². The smallest absolute Gasteiger partial charge is 0.175 e. The molecule has 0 spiro atoms. The Labute approximate surface area is 101 Å². The molecule has 0 atom stereocenters. The van der Waals surface area contributed by atoms with Crippen LogP contribution >= 0.6 is 0 Å². The zero-order chi connectivity index (χ0) is 12.7. The van der Waals surface area contributed by atoms with Gasteiger partial charge in [-0.1, -0.05) is 6.07 Å². The van der Waals surface area contributed by atoms with Gasteiger partial charge >= 0.3 is 0 Å². The molecule has 1 aromatic rings. The highest BCUT2D eigenvalue weighted by Crippen LogP contribution is 2.17. The Morgan fingerprint density at radius 1 is 1.24 bits per heavy atom. The molecule has 0 aliphatic carbocycles. The van der Waals surface area contributed by atoms with Crippen molar-refractivity contribution in [3.8, 4) is 5.75 Å². The van der Waals surface area contributed by atoms with E-state index in [0.29, 0.717) is 19.0 Å². The molecule has 0 heterocycles. The van der Waals surface area contributed by atoms with E-state index in [4.69, 9.17) is 14.6 Å². The number of aliphatic hydroxyl groups excluding tert-OH is 1. The predicted octanol–water partition coefficient (Wildman–Crippen LogP) is 0.478. The first-order valence-corrected chi connectivity index (χ1v) is 7.04. The van der Waals surface area contributed by atoms with Crippen molar-refractivity contribution in [1.82, 2.24) is 0 Å². The lowest BCUT2D eigenvalue weighted by molar-refractivity contribution is 0.0705. The summed E-state index contributed by atoms with van der Waals surface area (Å²) >= 11 is 0. The van der Waals surface area contributed by atoms with E-state index >= 15 is 0 Å². The average Bonchev–Trinajstić information content (AvgIpc) is 2.28. The van der Waals surface area contributed by atoms with Gasteiger partial charge in [-0.25, -0.2) is 8.42 Å². The molecule has 0 aromatic heterocycles. The minimum absolute atomic E-state index is 0.0242. The highest BCUT2D eigenvalue weighted by molar-refractivity contribution is 7.90. The van der Waals surface area contributed by atoms with Gasteiger partial charge in [-0.3, -0.25) is 0 Å². The van der Waals surface area contributed by atoms with E-state index in [1.807, 2.05) is 0 Å². The first-order chi connectivity index (χ1) is 8.04. The van der Waals surface area contributed by atoms with Crippen LogP contribution in [0.3, 0.4) is 0 Å². The van der Waals surface area contributed by atoms with Crippen LogP contribution < -0.4 is 4.74 Å². The number of hydrogen-bond donors (Lipinski definition) is 1. The van der Waals surface area contributed by atoms with E-state index in [-0.39, 0.29) is 18.1 Å². The Hall–Kier alpha value is -1.11. The second-order valence-electron chi connectivity index (χ2n) is 3.43. The van der Waals surface area contributed by atoms with Gasteiger partial charge in [0.15, 0.2) is 9.84 Å². The number of aliphatic hydroxyl groups is 1. The topological polar surface area (TPSA) is 72.8 Å². The van der Waals surface area contributed by atoms with Crippen LogP contribution in [0.25, 0.3) is 0 Å². The molecular formula is C11H16O5S. The maximum Gasteiger partial charge on any atom is 0.175 e. The summed E-state index contributed by atoms with van der Waals surface area (Å²) in [5, 5.41) is 8.48. The molecule has 0 radical (unpaired) electrons. The zero-order valence-electron chi connectivity index (χ0n) is 9.63. The molecule has 17 heavy (non-hydrogen) atoms. The quantitative estimate of drug-likeness (QED) is 0.722. The lowest BCUT2D eigenvalue weighted by Crippen LogP contribution is -2.09. The van der Waals surface area contributed by atoms with Gasteiger partial charge in [0.05, 0.1) is 24.7 Å². The number of sulfone groups is 1. The summed E-state index contributed by atoms with van der Waals surface area (Å²) in [5.74, 6) is 0.487. The fourth-order valence-corrected chi connectivity index (χ4v) is 1.84. The summed E-state index contributed by atoms with van der Waals surface area (Å²) in [6.45, 7) is 0.910. The van der Waals surface area contributed by atoms with Gasteiger partial charge in [-0.05, 0) is 18.2 Å². The molecule has 0 bridgehead atoms. The molecule has 0 fully saturated rings. The standard InChI is InChI=1S/C11H16O5S/c1-17(13,14)11-4-2-3-10(9-11)16-8-7-15-6-5-12/h2-4,9,12H,5-8H2,1H3. The molecule has 0 aliphatic heterocycles. The first kappa shape index (κ1) is 14.0. The molecular weight excluding hydrogens is 244 g/mol. The predicted molar refractivity (Wildman–Crippen MR) is 63.0 cm³/mol. The molecule has 1 aromatic carbocycles. The Bertz CT molecular complexity index is 441. The number of benzene rings is 1. The minimum Gasteiger partial charge on any atom is -0.491 e. The van der Waals surface area contributed by atoms with Crippen molar-refractivity contribution in [2.75, 3.05) is 32.7 Å². The molecule has 96 valence electrons. The van der Waals surface area contributed by atoms with Crippen LogP contribution in [0.15, 0.2) is 29.2 Å². The van der Waals surface area contributed by atoms with Crippen LogP contribution in [0.2, 0.25) is 0 Å². The number of ether oxygens (including phenoxy) is 2. The van der Waals surface area contributed by atoms with Crippen molar-refractivity contribution in [2.24, 2.45) is 0 Å². The number of rotatable bonds is 7. The van der Waals surface area contributed by atoms with Gasteiger partial charge in [-0.15, -0.1) is 0 Å². The van der Waals surface area contributed by atoms with Crippen LogP contribution in [0.5, 0.6) is 5.75 Å². The molecule has 1 N–H and O–H groups in total. The highest BCUT2D eigenvalue weighted by Gasteiger charge is 2.07. The molecule has 6 heteroatoms. The van der Waals surface area contributed by atoms with Crippen LogP contribution in [-0.4, -0.2) is 46.2 Å². The minimum atomic E-state index is -3.21. The van der Waals surface area contributed by atoms with Gasteiger partial charge in [0.2, 0.25) is 0 Å². The van der Waals surface area contributed by atoms with E-state index in [9.17, 15) is 8.42 Å². The van der Waals surface area contributed by atoms with Gasteiger partial charge < -0.3 is 14.6 Å². The average molecular weight is 260 g/mol. The third-order valence-corrected chi connectivity index (χ3v) is 3.08. The van der Waals surface area contributed by atoms with E-state index in [2.05, 4.69) is 0 Å². The maximum atomic E-state index is 11.3. The fourth-order valence-electron chi connectivity index (χ4n) is 1.18. The fraction of sp³-hybridized carbons (Fsp3) is 0.455. The Balaban J connectivity index is 2.49. The maximum absolute atomic E-state index is 11.3. The van der Waals surface area contributed by atoms with Crippen molar-refractivity contribution >= 4 is 9.84 Å². The second kappa shape index (κ2) is 6.58. The van der Waals surface area contributed by atoms with Gasteiger partial charge in [0, 0.05) is 6.26 Å². The molecule has 0 saturated heterocycles. The van der Waals surface area contributed by atoms with Gasteiger partial charge in [0.25, 0.3) is 0 Å².